The van der Waals surface area contributed by atoms with Crippen molar-refractivity contribution >= 4 is 0 Å². The van der Waals surface area contributed by atoms with E-state index in [4.69, 9.17) is 4.42 Å². The van der Waals surface area contributed by atoms with Gasteiger partial charge in [0.25, 0.3) is 0 Å². The second-order valence-electron chi connectivity index (χ2n) is 5.51. The molecule has 96 valence electrons. The molecule has 1 heterocycles. The third kappa shape index (κ3) is 2.15. The van der Waals surface area contributed by atoms with Gasteiger partial charge >= 0.3 is 0 Å². The first-order chi connectivity index (χ1) is 8.13. The molecule has 1 aliphatic rings. The summed E-state index contributed by atoms with van der Waals surface area (Å²) in [4.78, 5) is 0. The molecule has 1 unspecified atom stereocenters. The van der Waals surface area contributed by atoms with E-state index in [9.17, 15) is 0 Å². The van der Waals surface area contributed by atoms with Crippen LogP contribution in [-0.2, 0) is 0 Å². The number of furan rings is 1. The number of rotatable bonds is 4. The average Bonchev–Trinajstić information content (AvgIpc) is 2.89. The van der Waals surface area contributed by atoms with Crippen LogP contribution in [0.25, 0.3) is 0 Å². The van der Waals surface area contributed by atoms with Crippen LogP contribution in [0.4, 0.5) is 0 Å². The average molecular weight is 235 g/mol. The van der Waals surface area contributed by atoms with Gasteiger partial charge in [-0.05, 0) is 51.6 Å². The van der Waals surface area contributed by atoms with Crippen LogP contribution < -0.4 is 5.32 Å². The highest BCUT2D eigenvalue weighted by atomic mass is 16.3. The normalized spacial score (nSPS) is 20.7. The monoisotopic (exact) mass is 235 g/mol. The lowest BCUT2D eigenvalue weighted by molar-refractivity contribution is 0.193. The van der Waals surface area contributed by atoms with Crippen molar-refractivity contribution < 1.29 is 4.42 Å². The largest absolute Gasteiger partial charge is 0.466 e. The van der Waals surface area contributed by atoms with Crippen LogP contribution >= 0.6 is 0 Å². The van der Waals surface area contributed by atoms with E-state index in [-0.39, 0.29) is 0 Å². The van der Waals surface area contributed by atoms with Crippen molar-refractivity contribution in [2.45, 2.75) is 58.9 Å². The Kier molecular flexibility index (Phi) is 3.62. The number of hydrogen-bond donors (Lipinski definition) is 1. The van der Waals surface area contributed by atoms with E-state index in [1.807, 2.05) is 6.92 Å². The highest BCUT2D eigenvalue weighted by Crippen LogP contribution is 2.50. The standard InChI is InChI=1S/C15H25NO/c1-5-15(8-6-7-9-15)14(16-4)13-10-11(2)17-12(13)3/h10,14,16H,5-9H2,1-4H3. The maximum Gasteiger partial charge on any atom is 0.105 e. The fourth-order valence-corrected chi connectivity index (χ4v) is 3.65. The van der Waals surface area contributed by atoms with E-state index in [0.29, 0.717) is 11.5 Å². The van der Waals surface area contributed by atoms with Crippen LogP contribution in [0.3, 0.4) is 0 Å². The minimum atomic E-state index is 0.440. The van der Waals surface area contributed by atoms with Crippen LogP contribution in [0.5, 0.6) is 0 Å². The van der Waals surface area contributed by atoms with Gasteiger partial charge in [-0.25, -0.2) is 0 Å². The van der Waals surface area contributed by atoms with Crippen molar-refractivity contribution in [3.8, 4) is 0 Å². The third-order valence-corrected chi connectivity index (χ3v) is 4.59. The zero-order valence-corrected chi connectivity index (χ0v) is 11.6. The quantitative estimate of drug-likeness (QED) is 0.849. The van der Waals surface area contributed by atoms with Crippen LogP contribution in [-0.4, -0.2) is 7.05 Å². The minimum absolute atomic E-state index is 0.440. The Morgan fingerprint density at radius 2 is 2.00 bits per heavy atom. The summed E-state index contributed by atoms with van der Waals surface area (Å²) >= 11 is 0. The molecule has 2 rings (SSSR count). The van der Waals surface area contributed by atoms with Crippen LogP contribution in [0.15, 0.2) is 10.5 Å². The summed E-state index contributed by atoms with van der Waals surface area (Å²) in [5.41, 5.74) is 1.81. The van der Waals surface area contributed by atoms with Gasteiger partial charge in [-0.1, -0.05) is 19.8 Å². The van der Waals surface area contributed by atoms with Crippen LogP contribution in [0.1, 0.15) is 62.2 Å². The summed E-state index contributed by atoms with van der Waals surface area (Å²) in [5.74, 6) is 2.11. The Morgan fingerprint density at radius 3 is 2.41 bits per heavy atom. The molecular formula is C15H25NO. The molecule has 1 saturated carbocycles. The van der Waals surface area contributed by atoms with E-state index in [1.165, 1.54) is 37.7 Å². The lowest BCUT2D eigenvalue weighted by Crippen LogP contribution is -2.34. The third-order valence-electron chi connectivity index (χ3n) is 4.59. The summed E-state index contributed by atoms with van der Waals surface area (Å²) in [6.07, 6.45) is 6.70. The van der Waals surface area contributed by atoms with Gasteiger partial charge in [0, 0.05) is 11.6 Å². The van der Waals surface area contributed by atoms with E-state index < -0.39 is 0 Å². The molecule has 0 aromatic carbocycles. The molecule has 1 atom stereocenters. The molecule has 0 bridgehead atoms. The van der Waals surface area contributed by atoms with Gasteiger partial charge in [0.05, 0.1) is 0 Å². The second-order valence-corrected chi connectivity index (χ2v) is 5.51. The van der Waals surface area contributed by atoms with Gasteiger partial charge in [-0.3, -0.25) is 0 Å². The van der Waals surface area contributed by atoms with Crippen molar-refractivity contribution in [1.82, 2.24) is 5.32 Å². The Labute approximate surface area is 105 Å². The highest BCUT2D eigenvalue weighted by Gasteiger charge is 2.40. The Balaban J connectivity index is 2.35. The molecule has 2 nitrogen and oxygen atoms in total. The molecule has 0 spiro atoms. The van der Waals surface area contributed by atoms with Crippen molar-refractivity contribution in [3.05, 3.63) is 23.2 Å². The van der Waals surface area contributed by atoms with E-state index in [2.05, 4.69) is 32.3 Å². The van der Waals surface area contributed by atoms with Crippen molar-refractivity contribution in [2.75, 3.05) is 7.05 Å². The number of nitrogens with one attached hydrogen (secondary N) is 1. The number of aryl methyl sites for hydroxylation is 2. The van der Waals surface area contributed by atoms with Crippen molar-refractivity contribution in [1.29, 1.82) is 0 Å². The molecule has 0 aliphatic heterocycles. The predicted octanol–water partition coefficient (Wildman–Crippen LogP) is 4.13. The smallest absolute Gasteiger partial charge is 0.105 e. The molecule has 1 N–H and O–H groups in total. The first kappa shape index (κ1) is 12.7. The Hall–Kier alpha value is -0.760. The molecule has 0 saturated heterocycles. The molecule has 0 amide bonds. The molecule has 1 fully saturated rings. The lowest BCUT2D eigenvalue weighted by Gasteiger charge is -2.36. The predicted molar refractivity (Wildman–Crippen MR) is 71.2 cm³/mol. The molecule has 17 heavy (non-hydrogen) atoms. The van der Waals surface area contributed by atoms with Gasteiger partial charge in [0.1, 0.15) is 11.5 Å². The van der Waals surface area contributed by atoms with Crippen LogP contribution in [0.2, 0.25) is 0 Å². The van der Waals surface area contributed by atoms with Crippen molar-refractivity contribution in [3.63, 3.8) is 0 Å². The molecule has 1 aliphatic carbocycles. The second kappa shape index (κ2) is 4.85. The van der Waals surface area contributed by atoms with Crippen molar-refractivity contribution in [2.24, 2.45) is 5.41 Å². The first-order valence-corrected chi connectivity index (χ1v) is 6.87. The molecule has 1 aromatic heterocycles. The van der Waals surface area contributed by atoms with Gasteiger partial charge in [0.2, 0.25) is 0 Å². The summed E-state index contributed by atoms with van der Waals surface area (Å²) in [6.45, 7) is 6.46. The maximum atomic E-state index is 5.71. The van der Waals surface area contributed by atoms with Gasteiger partial charge in [-0.2, -0.15) is 0 Å². The summed E-state index contributed by atoms with van der Waals surface area (Å²) < 4.78 is 5.71. The Morgan fingerprint density at radius 1 is 1.35 bits per heavy atom. The SMILES string of the molecule is CCC1(C(NC)c2cc(C)oc2C)CCCC1. The molecule has 1 aromatic rings. The van der Waals surface area contributed by atoms with Gasteiger partial charge in [-0.15, -0.1) is 0 Å². The Bertz CT molecular complexity index is 374. The molecule has 0 radical (unpaired) electrons. The fraction of sp³-hybridized carbons (Fsp3) is 0.733. The zero-order valence-electron chi connectivity index (χ0n) is 11.6. The van der Waals surface area contributed by atoms with E-state index in [1.54, 1.807) is 0 Å². The highest BCUT2D eigenvalue weighted by molar-refractivity contribution is 5.26. The lowest BCUT2D eigenvalue weighted by atomic mass is 9.73. The summed E-state index contributed by atoms with van der Waals surface area (Å²) in [7, 11) is 2.09. The van der Waals surface area contributed by atoms with Crippen LogP contribution in [0, 0.1) is 19.3 Å². The maximum absolute atomic E-state index is 5.71. The zero-order chi connectivity index (χ0) is 12.5. The fourth-order valence-electron chi connectivity index (χ4n) is 3.65. The van der Waals surface area contributed by atoms with Gasteiger partial charge < -0.3 is 9.73 Å². The summed E-state index contributed by atoms with van der Waals surface area (Å²) in [5, 5.41) is 3.55. The summed E-state index contributed by atoms with van der Waals surface area (Å²) in [6, 6.07) is 2.67. The minimum Gasteiger partial charge on any atom is -0.466 e. The number of hydrogen-bond acceptors (Lipinski definition) is 2. The first-order valence-electron chi connectivity index (χ1n) is 6.87. The molecular weight excluding hydrogens is 210 g/mol. The topological polar surface area (TPSA) is 25.2 Å². The molecule has 2 heteroatoms. The van der Waals surface area contributed by atoms with E-state index >= 15 is 0 Å². The van der Waals surface area contributed by atoms with E-state index in [0.717, 1.165) is 11.5 Å². The van der Waals surface area contributed by atoms with Gasteiger partial charge in [0.15, 0.2) is 0 Å².